The molecule has 1 fully saturated rings. The minimum Gasteiger partial charge on any atom is -0.329 e. The van der Waals surface area contributed by atoms with E-state index in [2.05, 4.69) is 44.7 Å². The fraction of sp³-hybridized carbons (Fsp3) is 1.00. The minimum absolute atomic E-state index is 0.365. The van der Waals surface area contributed by atoms with Crippen LogP contribution in [-0.4, -0.2) is 55.6 Å². The van der Waals surface area contributed by atoms with Gasteiger partial charge in [-0.25, -0.2) is 0 Å². The van der Waals surface area contributed by atoms with E-state index in [1.807, 2.05) is 0 Å². The van der Waals surface area contributed by atoms with E-state index in [1.165, 1.54) is 32.4 Å². The van der Waals surface area contributed by atoms with Crippen molar-refractivity contribution in [1.82, 2.24) is 9.80 Å². The maximum Gasteiger partial charge on any atom is 0.0223 e. The first-order chi connectivity index (χ1) is 7.83. The highest BCUT2D eigenvalue weighted by Crippen LogP contribution is 2.25. The van der Waals surface area contributed by atoms with Crippen LogP contribution in [0.15, 0.2) is 0 Å². The van der Waals surface area contributed by atoms with Crippen molar-refractivity contribution in [2.24, 2.45) is 11.1 Å². The topological polar surface area (TPSA) is 32.5 Å². The highest BCUT2D eigenvalue weighted by molar-refractivity contribution is 4.84. The Labute approximate surface area is 107 Å². The molecule has 1 aliphatic heterocycles. The number of likely N-dealkylation sites (tertiary alicyclic amines) is 1. The summed E-state index contributed by atoms with van der Waals surface area (Å²) < 4.78 is 0. The molecule has 3 nitrogen and oxygen atoms in total. The summed E-state index contributed by atoms with van der Waals surface area (Å²) in [5.74, 6) is 0. The van der Waals surface area contributed by atoms with Crippen LogP contribution in [0.2, 0.25) is 0 Å². The lowest BCUT2D eigenvalue weighted by Gasteiger charge is -2.41. The first kappa shape index (κ1) is 14.9. The molecular weight excluding hydrogens is 210 g/mol. The predicted octanol–water partition coefficient (Wildman–Crippen LogP) is 1.78. The molecule has 3 heteroatoms. The molecule has 0 bridgehead atoms. The third-order valence-corrected chi connectivity index (χ3v) is 3.96. The molecule has 0 aromatic carbocycles. The molecule has 1 atom stereocenters. The van der Waals surface area contributed by atoms with Gasteiger partial charge in [-0.15, -0.1) is 0 Å². The molecule has 0 aromatic rings. The molecule has 102 valence electrons. The number of nitrogens with zero attached hydrogens (tertiary/aromatic N) is 2. The van der Waals surface area contributed by atoms with E-state index in [-0.39, 0.29) is 0 Å². The Morgan fingerprint density at radius 1 is 1.29 bits per heavy atom. The number of piperidine rings is 1. The van der Waals surface area contributed by atoms with Crippen LogP contribution in [0.5, 0.6) is 0 Å². The van der Waals surface area contributed by atoms with Crippen molar-refractivity contribution in [3.05, 3.63) is 0 Å². The van der Waals surface area contributed by atoms with Crippen molar-refractivity contribution < 1.29 is 0 Å². The molecule has 0 spiro atoms. The van der Waals surface area contributed by atoms with Crippen LogP contribution >= 0.6 is 0 Å². The lowest BCUT2D eigenvalue weighted by Crippen LogP contribution is -2.49. The van der Waals surface area contributed by atoms with Crippen molar-refractivity contribution in [2.75, 3.05) is 33.7 Å². The molecule has 2 N–H and O–H groups in total. The largest absolute Gasteiger partial charge is 0.329 e. The van der Waals surface area contributed by atoms with Crippen LogP contribution in [0.3, 0.4) is 0 Å². The molecule has 0 aromatic heterocycles. The number of hydrogen-bond acceptors (Lipinski definition) is 3. The Morgan fingerprint density at radius 2 is 1.82 bits per heavy atom. The van der Waals surface area contributed by atoms with Gasteiger partial charge in [0.05, 0.1) is 0 Å². The molecule has 1 unspecified atom stereocenters. The lowest BCUT2D eigenvalue weighted by molar-refractivity contribution is 0.0889. The normalized spacial score (nSPS) is 22.1. The van der Waals surface area contributed by atoms with Crippen molar-refractivity contribution in [3.63, 3.8) is 0 Å². The quantitative estimate of drug-likeness (QED) is 0.814. The van der Waals surface area contributed by atoms with Gasteiger partial charge < -0.3 is 10.6 Å². The second kappa shape index (κ2) is 6.17. The minimum atomic E-state index is 0.365. The number of rotatable bonds is 4. The van der Waals surface area contributed by atoms with E-state index < -0.39 is 0 Å². The van der Waals surface area contributed by atoms with Gasteiger partial charge in [0, 0.05) is 18.6 Å². The van der Waals surface area contributed by atoms with E-state index in [0.717, 1.165) is 12.6 Å². The zero-order chi connectivity index (χ0) is 13.1. The summed E-state index contributed by atoms with van der Waals surface area (Å²) >= 11 is 0. The summed E-state index contributed by atoms with van der Waals surface area (Å²) in [6, 6.07) is 1.26. The van der Waals surface area contributed by atoms with Crippen molar-refractivity contribution in [3.8, 4) is 0 Å². The summed E-state index contributed by atoms with van der Waals surface area (Å²) in [5.41, 5.74) is 6.33. The van der Waals surface area contributed by atoms with Crippen LogP contribution in [0.1, 0.15) is 40.0 Å². The first-order valence-corrected chi connectivity index (χ1v) is 6.94. The first-order valence-electron chi connectivity index (χ1n) is 6.94. The Bertz CT molecular complexity index is 214. The number of likely N-dealkylation sites (N-methyl/N-ethyl adjacent to an activating group) is 1. The van der Waals surface area contributed by atoms with Gasteiger partial charge in [-0.05, 0) is 51.9 Å². The Morgan fingerprint density at radius 3 is 2.24 bits per heavy atom. The summed E-state index contributed by atoms with van der Waals surface area (Å²) in [4.78, 5) is 4.96. The summed E-state index contributed by atoms with van der Waals surface area (Å²) in [6.45, 7) is 10.1. The predicted molar refractivity (Wildman–Crippen MR) is 75.2 cm³/mol. The summed E-state index contributed by atoms with van der Waals surface area (Å²) in [6.07, 6.45) is 3.76. The monoisotopic (exact) mass is 241 g/mol. The molecule has 0 saturated carbocycles. The van der Waals surface area contributed by atoms with Gasteiger partial charge in [-0.3, -0.25) is 4.90 Å². The van der Waals surface area contributed by atoms with Gasteiger partial charge >= 0.3 is 0 Å². The second-order valence-electron chi connectivity index (χ2n) is 6.85. The lowest BCUT2D eigenvalue weighted by atomic mass is 9.86. The Balaban J connectivity index is 2.51. The fourth-order valence-electron chi connectivity index (χ4n) is 2.80. The van der Waals surface area contributed by atoms with Gasteiger partial charge in [-0.1, -0.05) is 20.8 Å². The molecular formula is C14H31N3. The molecule has 17 heavy (non-hydrogen) atoms. The summed E-state index contributed by atoms with van der Waals surface area (Å²) in [5, 5.41) is 0. The van der Waals surface area contributed by atoms with Gasteiger partial charge in [0.25, 0.3) is 0 Å². The smallest absolute Gasteiger partial charge is 0.0223 e. The zero-order valence-corrected chi connectivity index (χ0v) is 12.4. The summed E-state index contributed by atoms with van der Waals surface area (Å²) in [7, 11) is 4.48. The molecule has 1 saturated heterocycles. The highest BCUT2D eigenvalue weighted by Gasteiger charge is 2.27. The van der Waals surface area contributed by atoms with Gasteiger partial charge in [0.15, 0.2) is 0 Å². The average Bonchev–Trinajstić information content (AvgIpc) is 2.25. The van der Waals surface area contributed by atoms with Crippen molar-refractivity contribution in [1.29, 1.82) is 0 Å². The maximum absolute atomic E-state index is 5.96. The molecule has 0 radical (unpaired) electrons. The van der Waals surface area contributed by atoms with E-state index in [1.54, 1.807) is 0 Å². The number of nitrogens with two attached hydrogens (primary N) is 1. The van der Waals surface area contributed by atoms with Gasteiger partial charge in [0.1, 0.15) is 0 Å². The fourth-order valence-corrected chi connectivity index (χ4v) is 2.80. The van der Waals surface area contributed by atoms with Crippen molar-refractivity contribution >= 4 is 0 Å². The molecule has 1 rings (SSSR count). The third kappa shape index (κ3) is 4.94. The Hall–Kier alpha value is -0.120. The number of hydrogen-bond donors (Lipinski definition) is 1. The van der Waals surface area contributed by atoms with Crippen LogP contribution in [0, 0.1) is 5.41 Å². The van der Waals surface area contributed by atoms with Gasteiger partial charge in [0.2, 0.25) is 0 Å². The molecule has 0 aliphatic carbocycles. The van der Waals surface area contributed by atoms with Gasteiger partial charge in [-0.2, -0.15) is 0 Å². The zero-order valence-electron chi connectivity index (χ0n) is 12.4. The molecule has 1 aliphatic rings. The second-order valence-corrected chi connectivity index (χ2v) is 6.85. The third-order valence-electron chi connectivity index (χ3n) is 3.96. The van der Waals surface area contributed by atoms with Crippen LogP contribution in [-0.2, 0) is 0 Å². The van der Waals surface area contributed by atoms with Crippen LogP contribution < -0.4 is 5.73 Å². The molecule has 0 amide bonds. The maximum atomic E-state index is 5.96. The van der Waals surface area contributed by atoms with E-state index in [4.69, 9.17) is 5.73 Å². The van der Waals surface area contributed by atoms with E-state index in [9.17, 15) is 0 Å². The standard InChI is InChI=1S/C14H31N3/c1-14(2,3)10-13(11-15)17(5)12-6-8-16(4)9-7-12/h12-13H,6-11,15H2,1-5H3. The SMILES string of the molecule is CN1CCC(N(C)C(CN)CC(C)(C)C)CC1. The van der Waals surface area contributed by atoms with E-state index >= 15 is 0 Å². The average molecular weight is 241 g/mol. The van der Waals surface area contributed by atoms with Crippen molar-refractivity contribution in [2.45, 2.75) is 52.1 Å². The molecule has 1 heterocycles. The van der Waals surface area contributed by atoms with Crippen LogP contribution in [0.4, 0.5) is 0 Å². The van der Waals surface area contributed by atoms with Crippen LogP contribution in [0.25, 0.3) is 0 Å². The highest BCUT2D eigenvalue weighted by atomic mass is 15.2. The van der Waals surface area contributed by atoms with E-state index in [0.29, 0.717) is 11.5 Å². The Kier molecular flexibility index (Phi) is 5.42.